The Labute approximate surface area is 257 Å². The predicted molar refractivity (Wildman–Crippen MR) is 153 cm³/mol. The third kappa shape index (κ3) is 8.64. The van der Waals surface area contributed by atoms with Crippen molar-refractivity contribution in [3.8, 4) is 0 Å². The number of hydrogen-bond acceptors (Lipinski definition) is 13. The Bertz CT molecular complexity index is 945. The predicted octanol–water partition coefficient (Wildman–Crippen LogP) is -2.28. The van der Waals surface area contributed by atoms with Gasteiger partial charge in [0.2, 0.25) is 5.91 Å². The molecular formula is C29H52N2O13. The molecule has 0 aromatic heterocycles. The molecule has 1 saturated carbocycles. The molecule has 0 aromatic carbocycles. The van der Waals surface area contributed by atoms with Crippen molar-refractivity contribution in [1.82, 2.24) is 5.32 Å². The molecule has 44 heavy (non-hydrogen) atoms. The molecule has 0 radical (unpaired) electrons. The van der Waals surface area contributed by atoms with Crippen LogP contribution in [0, 0.1) is 11.3 Å². The zero-order valence-corrected chi connectivity index (χ0v) is 25.5. The summed E-state index contributed by atoms with van der Waals surface area (Å²) >= 11 is 0. The van der Waals surface area contributed by atoms with Crippen molar-refractivity contribution in [2.75, 3.05) is 19.8 Å². The Hall–Kier alpha value is -1.50. The standard InChI is InChI=1S/C29H52N2O13/c1-15(33)31-20-17(34)12-29(27(40)41,44-26(20)21(36)18(35)13-32)42-14-19-22(37)23(38)24(39)25(43-19)16-7-6-9-28(2,11-16)8-4-3-5-10-30/h16-26,32,34-39H,3-14,30H2,1-2H3,(H,31,33)(H,40,41)/t16?,17?,18-,19?,20-,21-,22+,23?,24?,25?,26?,28?,29-/m1/s1. The highest BCUT2D eigenvalue weighted by atomic mass is 16.7. The van der Waals surface area contributed by atoms with Crippen LogP contribution in [0.25, 0.3) is 0 Å². The topological polar surface area (TPSA) is 262 Å². The van der Waals surface area contributed by atoms with E-state index >= 15 is 0 Å². The summed E-state index contributed by atoms with van der Waals surface area (Å²) in [6.07, 6.45) is -7.39. The van der Waals surface area contributed by atoms with Crippen LogP contribution in [-0.2, 0) is 23.8 Å². The fraction of sp³-hybridized carbons (Fsp3) is 0.931. The first-order valence-electron chi connectivity index (χ1n) is 15.6. The minimum absolute atomic E-state index is 0.00746. The number of hydrogen-bond donors (Lipinski definition) is 10. The number of carbonyl (C=O) groups excluding carboxylic acids is 1. The number of nitrogens with two attached hydrogens (primary N) is 1. The Morgan fingerprint density at radius 1 is 1.07 bits per heavy atom. The Morgan fingerprint density at radius 3 is 2.39 bits per heavy atom. The van der Waals surface area contributed by atoms with E-state index < -0.39 is 98.3 Å². The molecule has 2 saturated heterocycles. The maximum Gasteiger partial charge on any atom is 0.364 e. The van der Waals surface area contributed by atoms with Crippen LogP contribution >= 0.6 is 0 Å². The lowest BCUT2D eigenvalue weighted by molar-refractivity contribution is -0.326. The van der Waals surface area contributed by atoms with Gasteiger partial charge in [-0.3, -0.25) is 4.79 Å². The number of amides is 1. The molecule has 256 valence electrons. The number of rotatable bonds is 14. The molecule has 11 N–H and O–H groups in total. The maximum absolute atomic E-state index is 12.5. The van der Waals surface area contributed by atoms with Gasteiger partial charge >= 0.3 is 5.97 Å². The lowest BCUT2D eigenvalue weighted by atomic mass is 9.66. The second-order valence-electron chi connectivity index (χ2n) is 13.1. The molecule has 15 nitrogen and oxygen atoms in total. The van der Waals surface area contributed by atoms with Crippen molar-refractivity contribution in [2.24, 2.45) is 17.1 Å². The van der Waals surface area contributed by atoms with Gasteiger partial charge < -0.3 is 66.1 Å². The van der Waals surface area contributed by atoms with Crippen LogP contribution in [0.3, 0.4) is 0 Å². The summed E-state index contributed by atoms with van der Waals surface area (Å²) in [7, 11) is 0. The fourth-order valence-corrected chi connectivity index (χ4v) is 7.01. The van der Waals surface area contributed by atoms with Gasteiger partial charge in [-0.25, -0.2) is 4.79 Å². The van der Waals surface area contributed by atoms with Gasteiger partial charge in [-0.05, 0) is 50.0 Å². The molecule has 15 heteroatoms. The molecule has 2 heterocycles. The lowest BCUT2D eigenvalue weighted by Crippen LogP contribution is -2.68. The Kier molecular flexibility index (Phi) is 13.3. The number of nitrogens with one attached hydrogen (secondary N) is 1. The van der Waals surface area contributed by atoms with Gasteiger partial charge in [-0.2, -0.15) is 0 Å². The van der Waals surface area contributed by atoms with Crippen LogP contribution in [0.15, 0.2) is 0 Å². The van der Waals surface area contributed by atoms with Gasteiger partial charge in [0.25, 0.3) is 5.79 Å². The van der Waals surface area contributed by atoms with E-state index in [0.29, 0.717) is 6.54 Å². The average molecular weight is 637 g/mol. The summed E-state index contributed by atoms with van der Waals surface area (Å²) in [6.45, 7) is 2.38. The van der Waals surface area contributed by atoms with Gasteiger partial charge in [-0.15, -0.1) is 0 Å². The van der Waals surface area contributed by atoms with Crippen molar-refractivity contribution in [1.29, 1.82) is 0 Å². The quantitative estimate of drug-likeness (QED) is 0.0901. The van der Waals surface area contributed by atoms with E-state index in [9.17, 15) is 50.4 Å². The minimum Gasteiger partial charge on any atom is -0.477 e. The number of carboxylic acid groups (broad SMARTS) is 1. The van der Waals surface area contributed by atoms with Crippen molar-refractivity contribution in [2.45, 2.75) is 138 Å². The zero-order valence-electron chi connectivity index (χ0n) is 25.5. The summed E-state index contributed by atoms with van der Waals surface area (Å²) in [6, 6.07) is -1.37. The van der Waals surface area contributed by atoms with Gasteiger partial charge in [0.05, 0.1) is 31.5 Å². The van der Waals surface area contributed by atoms with Gasteiger partial charge in [0, 0.05) is 13.3 Å². The molecule has 3 fully saturated rings. The molecule has 1 amide bonds. The smallest absolute Gasteiger partial charge is 0.364 e. The average Bonchev–Trinajstić information content (AvgIpc) is 2.97. The van der Waals surface area contributed by atoms with Crippen molar-refractivity contribution >= 4 is 11.9 Å². The molecule has 13 atom stereocenters. The highest BCUT2D eigenvalue weighted by Crippen LogP contribution is 2.46. The van der Waals surface area contributed by atoms with Crippen LogP contribution < -0.4 is 11.1 Å². The van der Waals surface area contributed by atoms with Gasteiger partial charge in [-0.1, -0.05) is 26.2 Å². The fourth-order valence-electron chi connectivity index (χ4n) is 7.01. The van der Waals surface area contributed by atoms with Crippen LogP contribution in [0.5, 0.6) is 0 Å². The number of carbonyl (C=O) groups is 2. The van der Waals surface area contributed by atoms with E-state index in [1.54, 1.807) is 0 Å². The molecule has 3 rings (SSSR count). The van der Waals surface area contributed by atoms with E-state index in [1.165, 1.54) is 0 Å². The van der Waals surface area contributed by atoms with Gasteiger partial charge in [0.1, 0.15) is 42.7 Å². The molecule has 0 aromatic rings. The largest absolute Gasteiger partial charge is 0.477 e. The van der Waals surface area contributed by atoms with E-state index in [-0.39, 0.29) is 11.3 Å². The maximum atomic E-state index is 12.5. The van der Waals surface area contributed by atoms with Gasteiger partial charge in [0.15, 0.2) is 0 Å². The first kappa shape index (κ1) is 37.0. The summed E-state index contributed by atoms with van der Waals surface area (Å²) in [4.78, 5) is 24.3. The summed E-state index contributed by atoms with van der Waals surface area (Å²) in [5.41, 5.74) is 5.61. The molecule has 3 aliphatic rings. The normalized spacial score (nSPS) is 41.1. The molecule has 0 spiro atoms. The first-order chi connectivity index (χ1) is 20.7. The zero-order chi connectivity index (χ0) is 32.8. The van der Waals surface area contributed by atoms with Crippen LogP contribution in [-0.4, -0.2) is 139 Å². The summed E-state index contributed by atoms with van der Waals surface area (Å²) < 4.78 is 17.4. The number of aliphatic carboxylic acids is 1. The second kappa shape index (κ2) is 15.9. The van der Waals surface area contributed by atoms with Crippen LogP contribution in [0.1, 0.15) is 71.6 Å². The van der Waals surface area contributed by atoms with E-state index in [1.807, 2.05) is 0 Å². The summed E-state index contributed by atoms with van der Waals surface area (Å²) in [5, 5.41) is 85.8. The summed E-state index contributed by atoms with van der Waals surface area (Å²) in [5.74, 6) is -5.14. The monoisotopic (exact) mass is 636 g/mol. The molecular weight excluding hydrogens is 584 g/mol. The lowest BCUT2D eigenvalue weighted by Gasteiger charge is -2.49. The number of unbranched alkanes of at least 4 members (excludes halogenated alkanes) is 2. The molecule has 0 bridgehead atoms. The van der Waals surface area contributed by atoms with Crippen LogP contribution in [0.2, 0.25) is 0 Å². The van der Waals surface area contributed by atoms with E-state index in [0.717, 1.165) is 58.3 Å². The highest BCUT2D eigenvalue weighted by molar-refractivity contribution is 5.76. The highest BCUT2D eigenvalue weighted by Gasteiger charge is 2.57. The number of carboxylic acids is 1. The first-order valence-corrected chi connectivity index (χ1v) is 15.6. The molecule has 2 aliphatic heterocycles. The number of aliphatic hydroxyl groups excluding tert-OH is 7. The van der Waals surface area contributed by atoms with E-state index in [4.69, 9.17) is 19.9 Å². The van der Waals surface area contributed by atoms with E-state index in [2.05, 4.69) is 12.2 Å². The third-order valence-corrected chi connectivity index (χ3v) is 9.48. The SMILES string of the molecule is CC(=O)N[C@@H]1C(O)C[C@](OCC2OC(C3CCCC(C)(CCCCCN)C3)C(O)C(O)[C@H]2O)(C(=O)O)OC1[C@H](O)[C@H](O)CO. The molecule has 8 unspecified atom stereocenters. The van der Waals surface area contributed by atoms with Crippen LogP contribution in [0.4, 0.5) is 0 Å². The minimum atomic E-state index is -2.64. The van der Waals surface area contributed by atoms with Crippen molar-refractivity contribution < 1.29 is 64.7 Å². The number of aliphatic hydroxyl groups is 7. The Balaban J connectivity index is 1.77. The molecule has 1 aliphatic carbocycles. The second-order valence-corrected chi connectivity index (χ2v) is 13.1. The number of ether oxygens (including phenoxy) is 3. The Morgan fingerprint density at radius 2 is 1.77 bits per heavy atom. The van der Waals surface area contributed by atoms with Crippen molar-refractivity contribution in [3.63, 3.8) is 0 Å². The van der Waals surface area contributed by atoms with Crippen molar-refractivity contribution in [3.05, 3.63) is 0 Å². The third-order valence-electron chi connectivity index (χ3n) is 9.48.